The third kappa shape index (κ3) is 18.3. The van der Waals surface area contributed by atoms with Crippen LogP contribution in [0.15, 0.2) is 18.2 Å². The fourth-order valence-corrected chi connectivity index (χ4v) is 1.20. The molecule has 0 radical (unpaired) electrons. The molecule has 0 spiro atoms. The molecule has 1 N–H and O–H groups in total. The van der Waals surface area contributed by atoms with Gasteiger partial charge in [0.25, 0.3) is 0 Å². The first kappa shape index (κ1) is 21.6. The Morgan fingerprint density at radius 2 is 1.48 bits per heavy atom. The van der Waals surface area contributed by atoms with Gasteiger partial charge < -0.3 is 5.11 Å². The first-order valence-electron chi connectivity index (χ1n) is 6.31. The summed E-state index contributed by atoms with van der Waals surface area (Å²) in [6.45, 7) is 4.19. The van der Waals surface area contributed by atoms with Gasteiger partial charge in [0.05, 0.1) is 0 Å². The lowest BCUT2D eigenvalue weighted by atomic mass is 10.1. The summed E-state index contributed by atoms with van der Waals surface area (Å²) < 4.78 is 56.4. The molecule has 1 aromatic rings. The van der Waals surface area contributed by atoms with Crippen LogP contribution in [0.1, 0.15) is 39.2 Å². The number of carboxylic acid groups (broad SMARTS) is 1. The highest BCUT2D eigenvalue weighted by atomic mass is 19.4. The molecular formula is C14H19F5O2. The van der Waals surface area contributed by atoms with E-state index in [1.54, 1.807) is 0 Å². The molecular weight excluding hydrogens is 295 g/mol. The van der Waals surface area contributed by atoms with E-state index >= 15 is 0 Å². The molecule has 0 unspecified atom stereocenters. The number of aryl methyl sites for hydroxylation is 1. The Balaban J connectivity index is 0. The van der Waals surface area contributed by atoms with Crippen LogP contribution in [0, 0.1) is 11.6 Å². The first-order chi connectivity index (χ1) is 9.58. The molecule has 0 fully saturated rings. The summed E-state index contributed by atoms with van der Waals surface area (Å²) in [7, 11) is 0. The number of benzene rings is 1. The zero-order valence-electron chi connectivity index (χ0n) is 12.1. The first-order valence-corrected chi connectivity index (χ1v) is 6.31. The van der Waals surface area contributed by atoms with Crippen LogP contribution in [-0.4, -0.2) is 17.3 Å². The van der Waals surface area contributed by atoms with Gasteiger partial charge in [-0.3, -0.25) is 4.79 Å². The zero-order valence-corrected chi connectivity index (χ0v) is 12.1. The average Bonchev–Trinajstić information content (AvgIpc) is 2.27. The largest absolute Gasteiger partial charge is 0.481 e. The quantitative estimate of drug-likeness (QED) is 0.797. The van der Waals surface area contributed by atoms with Crippen LogP contribution in [-0.2, 0) is 11.2 Å². The van der Waals surface area contributed by atoms with Crippen LogP contribution in [0.5, 0.6) is 0 Å². The summed E-state index contributed by atoms with van der Waals surface area (Å²) in [5.74, 6) is -2.16. The minimum Gasteiger partial charge on any atom is -0.481 e. The van der Waals surface area contributed by atoms with Crippen LogP contribution in [0.25, 0.3) is 0 Å². The highest BCUT2D eigenvalue weighted by Gasteiger charge is 2.15. The number of carbonyl (C=O) groups is 1. The normalized spacial score (nSPS) is 9.90. The minimum atomic E-state index is -4.00. The van der Waals surface area contributed by atoms with Gasteiger partial charge in [0.15, 0.2) is 0 Å². The summed E-state index contributed by atoms with van der Waals surface area (Å²) in [4.78, 5) is 10.2. The van der Waals surface area contributed by atoms with Crippen molar-refractivity contribution in [2.24, 2.45) is 0 Å². The maximum atomic E-state index is 12.7. The molecule has 0 aliphatic rings. The standard InChI is InChI=1S/C10H10F2O2.C2H3F3.C2H6/c11-8-4-7(5-9(12)6-8)2-1-3-10(13)14;1-2(3,4)5;1-2/h4-6H,1-3H2,(H,13,14);1H3;1-2H3. The summed E-state index contributed by atoms with van der Waals surface area (Å²) >= 11 is 0. The third-order valence-corrected chi connectivity index (χ3v) is 1.78. The second-order valence-electron chi connectivity index (χ2n) is 3.81. The van der Waals surface area contributed by atoms with E-state index in [0.29, 0.717) is 18.4 Å². The molecule has 0 atom stereocenters. The molecule has 1 aromatic carbocycles. The predicted octanol–water partition coefficient (Wildman–Crippen LogP) is 4.97. The fourth-order valence-electron chi connectivity index (χ4n) is 1.20. The molecule has 0 saturated carbocycles. The Kier molecular flexibility index (Phi) is 11.4. The van der Waals surface area contributed by atoms with E-state index in [1.165, 1.54) is 12.1 Å². The van der Waals surface area contributed by atoms with Crippen LogP contribution >= 0.6 is 0 Å². The molecule has 2 nitrogen and oxygen atoms in total. The van der Waals surface area contributed by atoms with Gasteiger partial charge in [-0.2, -0.15) is 13.2 Å². The lowest BCUT2D eigenvalue weighted by molar-refractivity contribution is -0.137. The average molecular weight is 314 g/mol. The van der Waals surface area contributed by atoms with Crippen LogP contribution < -0.4 is 0 Å². The molecule has 0 aromatic heterocycles. The molecule has 0 bridgehead atoms. The number of alkyl halides is 3. The van der Waals surface area contributed by atoms with E-state index in [0.717, 1.165) is 6.07 Å². The maximum absolute atomic E-state index is 12.7. The molecule has 0 heterocycles. The van der Waals surface area contributed by atoms with Gasteiger partial charge in [0, 0.05) is 19.4 Å². The van der Waals surface area contributed by atoms with E-state index in [9.17, 15) is 26.7 Å². The topological polar surface area (TPSA) is 37.3 Å². The van der Waals surface area contributed by atoms with E-state index < -0.39 is 23.8 Å². The van der Waals surface area contributed by atoms with Crippen molar-refractivity contribution < 1.29 is 31.9 Å². The Bertz CT molecular complexity index is 390. The van der Waals surface area contributed by atoms with Crippen molar-refractivity contribution in [3.05, 3.63) is 35.4 Å². The van der Waals surface area contributed by atoms with Crippen LogP contribution in [0.4, 0.5) is 22.0 Å². The van der Waals surface area contributed by atoms with Gasteiger partial charge in [-0.05, 0) is 30.5 Å². The second-order valence-corrected chi connectivity index (χ2v) is 3.81. The van der Waals surface area contributed by atoms with E-state index in [2.05, 4.69) is 0 Å². The van der Waals surface area contributed by atoms with E-state index in [1.807, 2.05) is 13.8 Å². The Hall–Kier alpha value is -1.66. The monoisotopic (exact) mass is 314 g/mol. The van der Waals surface area contributed by atoms with E-state index in [-0.39, 0.29) is 13.3 Å². The van der Waals surface area contributed by atoms with Gasteiger partial charge in [0.2, 0.25) is 0 Å². The second kappa shape index (κ2) is 11.0. The highest BCUT2D eigenvalue weighted by molar-refractivity contribution is 5.66. The van der Waals surface area contributed by atoms with Crippen molar-refractivity contribution in [3.63, 3.8) is 0 Å². The maximum Gasteiger partial charge on any atom is 0.386 e. The van der Waals surface area contributed by atoms with Crippen molar-refractivity contribution in [3.8, 4) is 0 Å². The highest BCUT2D eigenvalue weighted by Crippen LogP contribution is 2.11. The van der Waals surface area contributed by atoms with Crippen molar-refractivity contribution in [1.82, 2.24) is 0 Å². The summed E-state index contributed by atoms with van der Waals surface area (Å²) in [6.07, 6.45) is -3.22. The lowest BCUT2D eigenvalue weighted by Gasteiger charge is -2.00. The fraction of sp³-hybridized carbons (Fsp3) is 0.500. The number of hydrogen-bond acceptors (Lipinski definition) is 1. The molecule has 7 heteroatoms. The van der Waals surface area contributed by atoms with Crippen molar-refractivity contribution in [1.29, 1.82) is 0 Å². The third-order valence-electron chi connectivity index (χ3n) is 1.78. The number of carboxylic acids is 1. The molecule has 0 amide bonds. The predicted molar refractivity (Wildman–Crippen MR) is 70.0 cm³/mol. The van der Waals surface area contributed by atoms with Gasteiger partial charge in [-0.1, -0.05) is 13.8 Å². The SMILES string of the molecule is CC.CC(F)(F)F.O=C(O)CCCc1cc(F)cc(F)c1. The smallest absolute Gasteiger partial charge is 0.386 e. The van der Waals surface area contributed by atoms with Crippen LogP contribution in [0.3, 0.4) is 0 Å². The number of hydrogen-bond donors (Lipinski definition) is 1. The molecule has 0 saturated heterocycles. The van der Waals surface area contributed by atoms with Gasteiger partial charge in [-0.25, -0.2) is 8.78 Å². The van der Waals surface area contributed by atoms with Gasteiger partial charge in [0.1, 0.15) is 11.6 Å². The molecule has 122 valence electrons. The molecule has 1 rings (SSSR count). The van der Waals surface area contributed by atoms with Crippen LogP contribution in [0.2, 0.25) is 0 Å². The summed E-state index contributed by atoms with van der Waals surface area (Å²) in [5.41, 5.74) is 0.490. The Morgan fingerprint density at radius 3 is 1.81 bits per heavy atom. The number of halogens is 5. The molecule has 0 aliphatic carbocycles. The summed E-state index contributed by atoms with van der Waals surface area (Å²) in [6, 6.07) is 3.22. The van der Waals surface area contributed by atoms with Gasteiger partial charge >= 0.3 is 12.1 Å². The number of aliphatic carboxylic acids is 1. The lowest BCUT2D eigenvalue weighted by Crippen LogP contribution is -1.96. The zero-order chi connectivity index (χ0) is 17.1. The van der Waals surface area contributed by atoms with Crippen molar-refractivity contribution >= 4 is 5.97 Å². The van der Waals surface area contributed by atoms with Gasteiger partial charge in [-0.15, -0.1) is 0 Å². The van der Waals surface area contributed by atoms with Crippen molar-refractivity contribution in [2.45, 2.75) is 46.2 Å². The van der Waals surface area contributed by atoms with E-state index in [4.69, 9.17) is 5.11 Å². The Morgan fingerprint density at radius 1 is 1.10 bits per heavy atom. The van der Waals surface area contributed by atoms with Crippen molar-refractivity contribution in [2.75, 3.05) is 0 Å². The molecule has 0 aliphatic heterocycles. The summed E-state index contributed by atoms with van der Waals surface area (Å²) in [5, 5.41) is 8.35. The number of rotatable bonds is 4. The molecule has 21 heavy (non-hydrogen) atoms. The minimum absolute atomic E-state index is 0.0120. The Labute approximate surface area is 120 Å².